The number of aryl methyl sites for hydroxylation is 1. The molecular formula is C22H27N5O7. The smallest absolute Gasteiger partial charge is 0.412 e. The van der Waals surface area contributed by atoms with Crippen molar-refractivity contribution in [1.82, 2.24) is 21.1 Å². The Kier molecular flexibility index (Phi) is 9.32. The highest BCUT2D eigenvalue weighted by atomic mass is 16.6. The van der Waals surface area contributed by atoms with E-state index in [-0.39, 0.29) is 18.0 Å². The molecule has 12 heteroatoms. The monoisotopic (exact) mass is 473 g/mol. The number of ether oxygens (including phenoxy) is 1. The Hall–Kier alpha value is -4.19. The first-order valence-electron chi connectivity index (χ1n) is 10.2. The van der Waals surface area contributed by atoms with Gasteiger partial charge in [-0.1, -0.05) is 10.3 Å². The van der Waals surface area contributed by atoms with Crippen molar-refractivity contribution in [3.8, 4) is 11.3 Å². The Labute approximate surface area is 195 Å². The Bertz CT molecular complexity index is 1080. The van der Waals surface area contributed by atoms with Crippen LogP contribution < -0.4 is 16.1 Å². The standard InChI is InChI=1S/C21H24N4O5.CH3NO2/c1-13-11-16(29-24-13)9-10-22-19(26)17-12-18(30-25-17)14-5-7-15(8-6-14)23-20(27)28-21(2,3)4;3-1-2-4/h5-8,11-12H,9-10H2,1-4H3,(H,22,26)(H,23,27);1,4H,(H,2,3). The quantitative estimate of drug-likeness (QED) is 0.229. The first-order chi connectivity index (χ1) is 16.1. The van der Waals surface area contributed by atoms with Crippen LogP contribution in [0.3, 0.4) is 0 Å². The minimum atomic E-state index is -0.575. The number of carbonyl (C=O) groups excluding carboxylic acids is 3. The third-order valence-electron chi connectivity index (χ3n) is 3.94. The molecule has 0 saturated heterocycles. The molecular weight excluding hydrogens is 446 g/mol. The summed E-state index contributed by atoms with van der Waals surface area (Å²) in [5.74, 6) is 0.799. The van der Waals surface area contributed by atoms with Crippen LogP contribution >= 0.6 is 0 Å². The Morgan fingerprint density at radius 2 is 1.79 bits per heavy atom. The number of hydroxylamine groups is 1. The maximum Gasteiger partial charge on any atom is 0.412 e. The van der Waals surface area contributed by atoms with E-state index in [0.29, 0.717) is 35.7 Å². The average molecular weight is 473 g/mol. The summed E-state index contributed by atoms with van der Waals surface area (Å²) in [7, 11) is 0. The Balaban J connectivity index is 0.000000945. The lowest BCUT2D eigenvalue weighted by molar-refractivity contribution is -0.116. The lowest BCUT2D eigenvalue weighted by atomic mass is 10.1. The molecule has 34 heavy (non-hydrogen) atoms. The second-order valence-electron chi connectivity index (χ2n) is 7.97. The van der Waals surface area contributed by atoms with E-state index >= 15 is 0 Å². The maximum atomic E-state index is 12.2. The Morgan fingerprint density at radius 1 is 1.12 bits per heavy atom. The highest BCUT2D eigenvalue weighted by Crippen LogP contribution is 2.23. The first-order valence-corrected chi connectivity index (χ1v) is 10.2. The first kappa shape index (κ1) is 26.1. The number of hydrogen-bond donors (Lipinski definition) is 4. The van der Waals surface area contributed by atoms with E-state index in [1.165, 1.54) is 5.48 Å². The molecule has 182 valence electrons. The van der Waals surface area contributed by atoms with Gasteiger partial charge in [-0.2, -0.15) is 0 Å². The zero-order valence-electron chi connectivity index (χ0n) is 19.2. The van der Waals surface area contributed by atoms with Gasteiger partial charge in [0.1, 0.15) is 11.4 Å². The molecule has 3 amide bonds. The van der Waals surface area contributed by atoms with Crippen molar-refractivity contribution in [3.63, 3.8) is 0 Å². The Morgan fingerprint density at radius 3 is 2.35 bits per heavy atom. The van der Waals surface area contributed by atoms with Gasteiger partial charge in [0, 0.05) is 36.3 Å². The molecule has 0 spiro atoms. The largest absolute Gasteiger partial charge is 0.444 e. The summed E-state index contributed by atoms with van der Waals surface area (Å²) in [5.41, 5.74) is 2.94. The van der Waals surface area contributed by atoms with Gasteiger partial charge in [-0.05, 0) is 52.0 Å². The van der Waals surface area contributed by atoms with Crippen LogP contribution in [0.5, 0.6) is 0 Å². The third-order valence-corrected chi connectivity index (χ3v) is 3.94. The van der Waals surface area contributed by atoms with E-state index < -0.39 is 11.7 Å². The van der Waals surface area contributed by atoms with Crippen LogP contribution in [0.2, 0.25) is 0 Å². The van der Waals surface area contributed by atoms with Gasteiger partial charge in [-0.3, -0.25) is 20.1 Å². The fourth-order valence-electron chi connectivity index (χ4n) is 2.58. The topological polar surface area (TPSA) is 169 Å². The van der Waals surface area contributed by atoms with Gasteiger partial charge in [0.25, 0.3) is 5.91 Å². The minimum Gasteiger partial charge on any atom is -0.444 e. The zero-order valence-corrected chi connectivity index (χ0v) is 19.2. The molecule has 3 aromatic rings. The summed E-state index contributed by atoms with van der Waals surface area (Å²) < 4.78 is 15.6. The molecule has 4 N–H and O–H groups in total. The van der Waals surface area contributed by atoms with E-state index in [1.54, 1.807) is 51.1 Å². The number of aromatic nitrogens is 2. The van der Waals surface area contributed by atoms with Crippen LogP contribution in [0, 0.1) is 6.92 Å². The molecule has 0 bridgehead atoms. The molecule has 2 aromatic heterocycles. The van der Waals surface area contributed by atoms with Crippen molar-refractivity contribution >= 4 is 24.1 Å². The zero-order chi connectivity index (χ0) is 25.1. The second kappa shape index (κ2) is 12.2. The van der Waals surface area contributed by atoms with E-state index in [4.69, 9.17) is 23.8 Å². The van der Waals surface area contributed by atoms with Crippen molar-refractivity contribution in [3.05, 3.63) is 53.5 Å². The molecule has 0 aliphatic carbocycles. The number of hydrogen-bond acceptors (Lipinski definition) is 9. The van der Waals surface area contributed by atoms with E-state index in [1.807, 2.05) is 13.0 Å². The number of anilines is 1. The van der Waals surface area contributed by atoms with Crippen LogP contribution in [0.25, 0.3) is 11.3 Å². The van der Waals surface area contributed by atoms with Gasteiger partial charge >= 0.3 is 6.09 Å². The number of nitrogens with zero attached hydrogens (tertiary/aromatic N) is 2. The highest BCUT2D eigenvalue weighted by molar-refractivity contribution is 5.93. The summed E-state index contributed by atoms with van der Waals surface area (Å²) >= 11 is 0. The van der Waals surface area contributed by atoms with Crippen LogP contribution in [0.4, 0.5) is 10.5 Å². The molecule has 1 aromatic carbocycles. The molecule has 0 radical (unpaired) electrons. The van der Waals surface area contributed by atoms with Gasteiger partial charge in [-0.15, -0.1) is 0 Å². The lowest BCUT2D eigenvalue weighted by Gasteiger charge is -2.19. The SMILES string of the molecule is Cc1cc(CCNC(=O)c2cc(-c3ccc(NC(=O)OC(C)(C)C)cc3)on2)on1.O=CNO. The fraction of sp³-hybridized carbons (Fsp3) is 0.318. The third kappa shape index (κ3) is 8.74. The summed E-state index contributed by atoms with van der Waals surface area (Å²) in [5, 5.41) is 20.3. The van der Waals surface area contributed by atoms with Crippen LogP contribution in [0.1, 0.15) is 42.7 Å². The van der Waals surface area contributed by atoms with E-state index in [0.717, 1.165) is 5.69 Å². The molecule has 0 fully saturated rings. The average Bonchev–Trinajstić information content (AvgIpc) is 3.42. The van der Waals surface area contributed by atoms with E-state index in [9.17, 15) is 9.59 Å². The van der Waals surface area contributed by atoms with Crippen LogP contribution in [-0.4, -0.2) is 46.1 Å². The molecule has 0 saturated carbocycles. The van der Waals surface area contributed by atoms with Crippen molar-refractivity contribution in [2.24, 2.45) is 0 Å². The van der Waals surface area contributed by atoms with Gasteiger partial charge in [-0.25, -0.2) is 10.3 Å². The molecule has 0 aliphatic rings. The maximum absolute atomic E-state index is 12.2. The van der Waals surface area contributed by atoms with Crippen molar-refractivity contribution in [2.75, 3.05) is 11.9 Å². The van der Waals surface area contributed by atoms with Gasteiger partial charge in [0.05, 0.1) is 5.69 Å². The number of nitrogens with one attached hydrogen (secondary N) is 3. The van der Waals surface area contributed by atoms with Gasteiger partial charge in [0.2, 0.25) is 6.41 Å². The van der Waals surface area contributed by atoms with Crippen molar-refractivity contribution in [1.29, 1.82) is 0 Å². The molecule has 12 nitrogen and oxygen atoms in total. The fourth-order valence-corrected chi connectivity index (χ4v) is 2.58. The number of amides is 3. The summed E-state index contributed by atoms with van der Waals surface area (Å²) in [6.45, 7) is 7.61. The predicted octanol–water partition coefficient (Wildman–Crippen LogP) is 3.08. The number of carbonyl (C=O) groups is 3. The van der Waals surface area contributed by atoms with Gasteiger partial charge < -0.3 is 19.1 Å². The molecule has 0 unspecified atom stereocenters. The van der Waals surface area contributed by atoms with Crippen LogP contribution in [-0.2, 0) is 16.0 Å². The van der Waals surface area contributed by atoms with E-state index in [2.05, 4.69) is 20.9 Å². The summed E-state index contributed by atoms with van der Waals surface area (Å²) in [6, 6.07) is 10.3. The molecule has 0 atom stereocenters. The second-order valence-corrected chi connectivity index (χ2v) is 7.97. The van der Waals surface area contributed by atoms with Crippen molar-refractivity contribution < 1.29 is 33.4 Å². The molecule has 3 rings (SSSR count). The highest BCUT2D eigenvalue weighted by Gasteiger charge is 2.17. The number of rotatable bonds is 7. The molecule has 2 heterocycles. The van der Waals surface area contributed by atoms with Gasteiger partial charge in [0.15, 0.2) is 11.5 Å². The minimum absolute atomic E-state index is 0.176. The van der Waals surface area contributed by atoms with Crippen LogP contribution in [0.15, 0.2) is 45.4 Å². The lowest BCUT2D eigenvalue weighted by Crippen LogP contribution is -2.27. The predicted molar refractivity (Wildman–Crippen MR) is 120 cm³/mol. The number of benzene rings is 1. The summed E-state index contributed by atoms with van der Waals surface area (Å²) in [6.07, 6.45) is 0.179. The van der Waals surface area contributed by atoms with Crippen molar-refractivity contribution in [2.45, 2.75) is 39.7 Å². The molecule has 0 aliphatic heterocycles. The summed E-state index contributed by atoms with van der Waals surface area (Å²) in [4.78, 5) is 32.9. The normalized spacial score (nSPS) is 10.5.